The van der Waals surface area contributed by atoms with E-state index in [0.29, 0.717) is 23.5 Å². The molecule has 0 bridgehead atoms. The number of Topliss-reactive ketones (excluding diaryl/α,β-unsaturated/α-hetero) is 1. The fourth-order valence-corrected chi connectivity index (χ4v) is 3.66. The molecule has 0 aliphatic heterocycles. The summed E-state index contributed by atoms with van der Waals surface area (Å²) < 4.78 is 10.8. The second-order valence-corrected chi connectivity index (χ2v) is 8.48. The van der Waals surface area contributed by atoms with Crippen molar-refractivity contribution >= 4 is 11.8 Å². The molecule has 0 N–H and O–H groups in total. The molecule has 1 heterocycles. The summed E-state index contributed by atoms with van der Waals surface area (Å²) in [6, 6.07) is 17.9. The summed E-state index contributed by atoms with van der Waals surface area (Å²) in [5.41, 5.74) is 3.84. The number of rotatable bonds is 13. The minimum absolute atomic E-state index is 0.274. The van der Waals surface area contributed by atoms with E-state index in [-0.39, 0.29) is 5.78 Å². The molecule has 1 atom stereocenters. The van der Waals surface area contributed by atoms with E-state index in [2.05, 4.69) is 24.6 Å². The molecule has 0 fully saturated rings. The van der Waals surface area contributed by atoms with Gasteiger partial charge < -0.3 is 9.47 Å². The molecular formula is C30H33NO4. The summed E-state index contributed by atoms with van der Waals surface area (Å²) in [4.78, 5) is 29.8. The van der Waals surface area contributed by atoms with Crippen LogP contribution in [0.25, 0.3) is 11.3 Å². The van der Waals surface area contributed by atoms with E-state index in [1.165, 1.54) is 31.2 Å². The number of ketones is 1. The quantitative estimate of drug-likeness (QED) is 0.118. The molecule has 182 valence electrons. The van der Waals surface area contributed by atoms with Crippen LogP contribution in [0.1, 0.15) is 65.8 Å². The zero-order valence-electron chi connectivity index (χ0n) is 20.5. The fourth-order valence-electron chi connectivity index (χ4n) is 3.66. The number of aromatic nitrogens is 1. The highest BCUT2D eigenvalue weighted by Crippen LogP contribution is 2.20. The molecule has 3 rings (SSSR count). The summed E-state index contributed by atoms with van der Waals surface area (Å²) in [7, 11) is 0. The van der Waals surface area contributed by atoms with Gasteiger partial charge in [-0.3, -0.25) is 9.78 Å². The minimum atomic E-state index is -0.909. The van der Waals surface area contributed by atoms with Gasteiger partial charge in [0.1, 0.15) is 12.4 Å². The van der Waals surface area contributed by atoms with Gasteiger partial charge in [-0.1, -0.05) is 57.0 Å². The van der Waals surface area contributed by atoms with Crippen LogP contribution < -0.4 is 4.74 Å². The SMILES string of the molecule is C=CCOc1ccc(C(=O)C(C)OC(=O)c2ccc(-c3ccc(CCCCCC)cn3)cc2)cc1. The average Bonchev–Trinajstić information content (AvgIpc) is 2.90. The average molecular weight is 472 g/mol. The molecule has 0 spiro atoms. The Hall–Kier alpha value is -3.73. The number of ether oxygens (including phenoxy) is 2. The van der Waals surface area contributed by atoms with Crippen molar-refractivity contribution in [3.8, 4) is 17.0 Å². The number of unbranched alkanes of at least 4 members (excludes halogenated alkanes) is 3. The van der Waals surface area contributed by atoms with Crippen LogP contribution in [0.5, 0.6) is 5.75 Å². The summed E-state index contributed by atoms with van der Waals surface area (Å²) >= 11 is 0. The number of nitrogens with zero attached hydrogens (tertiary/aromatic N) is 1. The lowest BCUT2D eigenvalue weighted by molar-refractivity contribution is 0.0319. The van der Waals surface area contributed by atoms with E-state index in [9.17, 15) is 9.59 Å². The van der Waals surface area contributed by atoms with Crippen molar-refractivity contribution in [2.45, 2.75) is 52.1 Å². The van der Waals surface area contributed by atoms with Crippen LogP contribution in [0.3, 0.4) is 0 Å². The van der Waals surface area contributed by atoms with Crippen molar-refractivity contribution in [2.75, 3.05) is 6.61 Å². The Kier molecular flexibility index (Phi) is 9.79. The van der Waals surface area contributed by atoms with Gasteiger partial charge in [-0.15, -0.1) is 0 Å². The van der Waals surface area contributed by atoms with Crippen molar-refractivity contribution in [1.29, 1.82) is 0 Å². The molecular weight excluding hydrogens is 438 g/mol. The topological polar surface area (TPSA) is 65.5 Å². The molecule has 0 radical (unpaired) electrons. The summed E-state index contributed by atoms with van der Waals surface area (Å²) in [5, 5.41) is 0. The number of esters is 1. The first-order valence-corrected chi connectivity index (χ1v) is 12.2. The van der Waals surface area contributed by atoms with Gasteiger partial charge in [-0.05, 0) is 67.8 Å². The number of carbonyl (C=O) groups is 2. The van der Waals surface area contributed by atoms with Crippen molar-refractivity contribution in [3.05, 3.63) is 96.2 Å². The van der Waals surface area contributed by atoms with Crippen molar-refractivity contribution in [2.24, 2.45) is 0 Å². The van der Waals surface area contributed by atoms with Crippen LogP contribution in [0.4, 0.5) is 0 Å². The third kappa shape index (κ3) is 7.64. The van der Waals surface area contributed by atoms with E-state index in [4.69, 9.17) is 9.47 Å². The van der Waals surface area contributed by atoms with E-state index in [1.54, 1.807) is 49.4 Å². The molecule has 35 heavy (non-hydrogen) atoms. The maximum Gasteiger partial charge on any atom is 0.338 e. The first-order chi connectivity index (χ1) is 17.0. The molecule has 5 nitrogen and oxygen atoms in total. The van der Waals surface area contributed by atoms with Crippen LogP contribution in [-0.2, 0) is 11.2 Å². The highest BCUT2D eigenvalue weighted by atomic mass is 16.5. The molecule has 2 aromatic carbocycles. The second-order valence-electron chi connectivity index (χ2n) is 8.48. The maximum atomic E-state index is 12.7. The van der Waals surface area contributed by atoms with E-state index < -0.39 is 12.1 Å². The summed E-state index contributed by atoms with van der Waals surface area (Å²) in [6.45, 7) is 7.78. The molecule has 0 saturated carbocycles. The summed E-state index contributed by atoms with van der Waals surface area (Å²) in [5.74, 6) is -0.176. The fraction of sp³-hybridized carbons (Fsp3) is 0.300. The minimum Gasteiger partial charge on any atom is -0.490 e. The Bertz CT molecular complexity index is 1100. The van der Waals surface area contributed by atoms with Crippen LogP contribution in [0, 0.1) is 0 Å². The van der Waals surface area contributed by atoms with Gasteiger partial charge in [0.25, 0.3) is 0 Å². The first kappa shape index (κ1) is 25.9. The van der Waals surface area contributed by atoms with E-state index in [1.807, 2.05) is 24.4 Å². The monoisotopic (exact) mass is 471 g/mol. The van der Waals surface area contributed by atoms with Crippen molar-refractivity contribution in [3.63, 3.8) is 0 Å². The lowest BCUT2D eigenvalue weighted by Crippen LogP contribution is -2.24. The first-order valence-electron chi connectivity index (χ1n) is 12.2. The molecule has 5 heteroatoms. The number of carbonyl (C=O) groups excluding carboxylic acids is 2. The smallest absolute Gasteiger partial charge is 0.338 e. The Balaban J connectivity index is 1.55. The lowest BCUT2D eigenvalue weighted by Gasteiger charge is -2.13. The molecule has 3 aromatic rings. The largest absolute Gasteiger partial charge is 0.490 e. The van der Waals surface area contributed by atoms with Crippen LogP contribution >= 0.6 is 0 Å². The van der Waals surface area contributed by atoms with Gasteiger partial charge in [0.05, 0.1) is 11.3 Å². The highest BCUT2D eigenvalue weighted by Gasteiger charge is 2.20. The zero-order valence-corrected chi connectivity index (χ0v) is 20.5. The summed E-state index contributed by atoms with van der Waals surface area (Å²) in [6.07, 6.45) is 8.64. The van der Waals surface area contributed by atoms with E-state index >= 15 is 0 Å². The Morgan fingerprint density at radius 3 is 2.29 bits per heavy atom. The third-order valence-electron chi connectivity index (χ3n) is 5.72. The molecule has 0 saturated heterocycles. The van der Waals surface area contributed by atoms with Gasteiger partial charge >= 0.3 is 5.97 Å². The standard InChI is InChI=1S/C30H33NO4/c1-4-6-7-8-9-23-10-19-28(31-21-23)24-11-13-26(14-12-24)30(33)35-22(3)29(32)25-15-17-27(18-16-25)34-20-5-2/h5,10-19,21-22H,2,4,6-9,20H2,1,3H3. The Labute approximate surface area is 207 Å². The molecule has 0 aliphatic carbocycles. The van der Waals surface area contributed by atoms with Gasteiger partial charge in [0.15, 0.2) is 6.10 Å². The molecule has 0 amide bonds. The molecule has 0 aliphatic rings. The van der Waals surface area contributed by atoms with Crippen LogP contribution in [-0.4, -0.2) is 29.4 Å². The second kappa shape index (κ2) is 13.2. The number of benzene rings is 2. The number of hydrogen-bond donors (Lipinski definition) is 0. The van der Waals surface area contributed by atoms with Gasteiger partial charge in [-0.2, -0.15) is 0 Å². The molecule has 1 unspecified atom stereocenters. The van der Waals surface area contributed by atoms with Gasteiger partial charge in [0, 0.05) is 17.3 Å². The number of aryl methyl sites for hydroxylation is 1. The number of pyridine rings is 1. The van der Waals surface area contributed by atoms with Gasteiger partial charge in [0.2, 0.25) is 5.78 Å². The maximum absolute atomic E-state index is 12.7. The number of hydrogen-bond acceptors (Lipinski definition) is 5. The van der Waals surface area contributed by atoms with Crippen LogP contribution in [0.2, 0.25) is 0 Å². The van der Waals surface area contributed by atoms with Crippen molar-refractivity contribution < 1.29 is 19.1 Å². The van der Waals surface area contributed by atoms with Crippen LogP contribution in [0.15, 0.2) is 79.5 Å². The third-order valence-corrected chi connectivity index (χ3v) is 5.72. The van der Waals surface area contributed by atoms with Gasteiger partial charge in [-0.25, -0.2) is 4.79 Å². The lowest BCUT2D eigenvalue weighted by atomic mass is 10.1. The van der Waals surface area contributed by atoms with Crippen molar-refractivity contribution in [1.82, 2.24) is 4.98 Å². The molecule has 1 aromatic heterocycles. The predicted octanol–water partition coefficient (Wildman–Crippen LogP) is 6.86. The Morgan fingerprint density at radius 2 is 1.66 bits per heavy atom. The van der Waals surface area contributed by atoms with E-state index in [0.717, 1.165) is 17.7 Å². The highest BCUT2D eigenvalue weighted by molar-refractivity contribution is 6.01. The normalized spacial score (nSPS) is 11.5. The zero-order chi connectivity index (χ0) is 25.0. The Morgan fingerprint density at radius 1 is 0.943 bits per heavy atom. The predicted molar refractivity (Wildman–Crippen MR) is 139 cm³/mol.